The van der Waals surface area contributed by atoms with Crippen LogP contribution in [-0.4, -0.2) is 31.5 Å². The minimum Gasteiger partial charge on any atom is -0.495 e. The first-order chi connectivity index (χ1) is 8.71. The molecule has 96 valence electrons. The van der Waals surface area contributed by atoms with Crippen LogP contribution in [0, 0.1) is 11.8 Å². The average molecular weight is 249 g/mol. The first-order valence-electron chi connectivity index (χ1n) is 5.42. The molecule has 5 heteroatoms. The summed E-state index contributed by atoms with van der Waals surface area (Å²) in [6.07, 6.45) is -0.553. The maximum Gasteiger partial charge on any atom is 0.411 e. The largest absolute Gasteiger partial charge is 0.495 e. The van der Waals surface area contributed by atoms with E-state index in [9.17, 15) is 4.79 Å². The number of benzene rings is 1. The van der Waals surface area contributed by atoms with Crippen LogP contribution < -0.4 is 10.1 Å². The number of hydrogen-bond donors (Lipinski definition) is 2. The summed E-state index contributed by atoms with van der Waals surface area (Å²) in [5.74, 6) is 5.78. The van der Waals surface area contributed by atoms with Gasteiger partial charge in [-0.15, -0.1) is 0 Å². The van der Waals surface area contributed by atoms with E-state index in [1.807, 2.05) is 0 Å². The van der Waals surface area contributed by atoms with E-state index in [2.05, 4.69) is 17.2 Å². The van der Waals surface area contributed by atoms with Crippen molar-refractivity contribution < 1.29 is 19.4 Å². The van der Waals surface area contributed by atoms with E-state index in [0.29, 0.717) is 17.0 Å². The van der Waals surface area contributed by atoms with Crippen LogP contribution in [0.4, 0.5) is 10.5 Å². The second-order valence-electron chi connectivity index (χ2n) is 3.22. The Hall–Kier alpha value is -2.19. The van der Waals surface area contributed by atoms with Gasteiger partial charge in [0.15, 0.2) is 0 Å². The highest BCUT2D eigenvalue weighted by molar-refractivity contribution is 5.87. The van der Waals surface area contributed by atoms with Crippen LogP contribution in [0.15, 0.2) is 18.2 Å². The fraction of sp³-hybridized carbons (Fsp3) is 0.308. The standard InChI is InChI=1S/C13H15NO4/c1-3-18-13(16)14-11-9-10(5-4-8-15)6-7-12(11)17-2/h6-7,9,15H,3,8H2,1-2H3,(H,14,16). The molecule has 0 aliphatic carbocycles. The monoisotopic (exact) mass is 249 g/mol. The van der Waals surface area contributed by atoms with Crippen LogP contribution in [0.1, 0.15) is 12.5 Å². The van der Waals surface area contributed by atoms with E-state index in [-0.39, 0.29) is 13.2 Å². The second kappa shape index (κ2) is 7.20. The van der Waals surface area contributed by atoms with Crippen molar-refractivity contribution in [1.82, 2.24) is 0 Å². The molecule has 0 fully saturated rings. The van der Waals surface area contributed by atoms with Crippen molar-refractivity contribution >= 4 is 11.8 Å². The molecule has 0 saturated carbocycles. The predicted octanol–water partition coefficient (Wildman–Crippen LogP) is 1.61. The summed E-state index contributed by atoms with van der Waals surface area (Å²) >= 11 is 0. The lowest BCUT2D eigenvalue weighted by atomic mass is 10.2. The quantitative estimate of drug-likeness (QED) is 0.798. The molecule has 0 spiro atoms. The van der Waals surface area contributed by atoms with E-state index in [1.54, 1.807) is 25.1 Å². The van der Waals surface area contributed by atoms with E-state index >= 15 is 0 Å². The van der Waals surface area contributed by atoms with Gasteiger partial charge in [-0.05, 0) is 25.1 Å². The summed E-state index contributed by atoms with van der Waals surface area (Å²) in [5.41, 5.74) is 1.14. The molecule has 0 heterocycles. The predicted molar refractivity (Wildman–Crippen MR) is 67.6 cm³/mol. The molecule has 0 aromatic heterocycles. The van der Waals surface area contributed by atoms with Gasteiger partial charge in [0.2, 0.25) is 0 Å². The summed E-state index contributed by atoms with van der Waals surface area (Å²) in [6.45, 7) is 1.80. The number of carbonyl (C=O) groups excluding carboxylic acids is 1. The highest BCUT2D eigenvalue weighted by atomic mass is 16.5. The zero-order chi connectivity index (χ0) is 13.4. The summed E-state index contributed by atoms with van der Waals surface area (Å²) in [5, 5.41) is 11.2. The first-order valence-corrected chi connectivity index (χ1v) is 5.42. The highest BCUT2D eigenvalue weighted by Crippen LogP contribution is 2.25. The van der Waals surface area contributed by atoms with Crippen molar-refractivity contribution in [3.63, 3.8) is 0 Å². The summed E-state index contributed by atoms with van der Waals surface area (Å²) < 4.78 is 9.90. The van der Waals surface area contributed by atoms with Gasteiger partial charge in [0.25, 0.3) is 0 Å². The van der Waals surface area contributed by atoms with Crippen molar-refractivity contribution in [2.45, 2.75) is 6.92 Å². The lowest BCUT2D eigenvalue weighted by molar-refractivity contribution is 0.168. The fourth-order valence-corrected chi connectivity index (χ4v) is 1.30. The second-order valence-corrected chi connectivity index (χ2v) is 3.22. The zero-order valence-electron chi connectivity index (χ0n) is 10.3. The van der Waals surface area contributed by atoms with Crippen LogP contribution in [0.3, 0.4) is 0 Å². The molecule has 0 atom stereocenters. The van der Waals surface area contributed by atoms with Gasteiger partial charge in [-0.25, -0.2) is 4.79 Å². The van der Waals surface area contributed by atoms with Gasteiger partial charge < -0.3 is 14.6 Å². The molecule has 0 unspecified atom stereocenters. The molecular weight excluding hydrogens is 234 g/mol. The van der Waals surface area contributed by atoms with Gasteiger partial charge in [0, 0.05) is 5.56 Å². The Morgan fingerprint density at radius 3 is 2.89 bits per heavy atom. The van der Waals surface area contributed by atoms with E-state index in [4.69, 9.17) is 14.6 Å². The number of aliphatic hydroxyl groups is 1. The van der Waals surface area contributed by atoms with Crippen LogP contribution in [-0.2, 0) is 4.74 Å². The number of nitrogens with one attached hydrogen (secondary N) is 1. The van der Waals surface area contributed by atoms with E-state index < -0.39 is 6.09 Å². The Morgan fingerprint density at radius 1 is 1.50 bits per heavy atom. The highest BCUT2D eigenvalue weighted by Gasteiger charge is 2.08. The van der Waals surface area contributed by atoms with Gasteiger partial charge in [-0.2, -0.15) is 0 Å². The van der Waals surface area contributed by atoms with Crippen molar-refractivity contribution in [1.29, 1.82) is 0 Å². The molecule has 1 rings (SSSR count). The van der Waals surface area contributed by atoms with Gasteiger partial charge in [-0.1, -0.05) is 11.8 Å². The Labute approximate surface area is 106 Å². The lowest BCUT2D eigenvalue weighted by Crippen LogP contribution is -2.14. The molecule has 0 radical (unpaired) electrons. The molecule has 1 aromatic rings. The average Bonchev–Trinajstić information content (AvgIpc) is 2.37. The van der Waals surface area contributed by atoms with Gasteiger partial charge in [0.05, 0.1) is 19.4 Å². The lowest BCUT2D eigenvalue weighted by Gasteiger charge is -2.10. The van der Waals surface area contributed by atoms with Gasteiger partial charge in [-0.3, -0.25) is 5.32 Å². The normalized spacial score (nSPS) is 9.06. The fourth-order valence-electron chi connectivity index (χ4n) is 1.30. The molecule has 0 aliphatic heterocycles. The van der Waals surface area contributed by atoms with Crippen molar-refractivity contribution in [3.05, 3.63) is 23.8 Å². The third-order valence-corrected chi connectivity index (χ3v) is 2.02. The minimum absolute atomic E-state index is 0.216. The molecule has 1 amide bonds. The number of ether oxygens (including phenoxy) is 2. The number of anilines is 1. The van der Waals surface area contributed by atoms with Crippen molar-refractivity contribution in [2.75, 3.05) is 25.6 Å². The number of methoxy groups -OCH3 is 1. The third-order valence-electron chi connectivity index (χ3n) is 2.02. The van der Waals surface area contributed by atoms with E-state index in [1.165, 1.54) is 7.11 Å². The molecule has 5 nitrogen and oxygen atoms in total. The molecule has 18 heavy (non-hydrogen) atoms. The smallest absolute Gasteiger partial charge is 0.411 e. The molecule has 0 aliphatic rings. The summed E-state index contributed by atoms with van der Waals surface area (Å²) in [7, 11) is 1.50. The Balaban J connectivity index is 2.95. The summed E-state index contributed by atoms with van der Waals surface area (Å²) in [4.78, 5) is 11.3. The number of hydrogen-bond acceptors (Lipinski definition) is 4. The maximum absolute atomic E-state index is 11.3. The Kier molecular flexibility index (Phi) is 5.55. The van der Waals surface area contributed by atoms with Gasteiger partial charge >= 0.3 is 6.09 Å². The summed E-state index contributed by atoms with van der Waals surface area (Å²) in [6, 6.07) is 5.07. The number of rotatable bonds is 3. The molecule has 1 aromatic carbocycles. The topological polar surface area (TPSA) is 67.8 Å². The number of aliphatic hydroxyl groups excluding tert-OH is 1. The molecule has 0 bridgehead atoms. The number of amides is 1. The minimum atomic E-state index is -0.553. The van der Waals surface area contributed by atoms with Crippen molar-refractivity contribution in [2.24, 2.45) is 0 Å². The molecule has 0 saturated heterocycles. The van der Waals surface area contributed by atoms with E-state index in [0.717, 1.165) is 0 Å². The maximum atomic E-state index is 11.3. The van der Waals surface area contributed by atoms with Crippen LogP contribution in [0.5, 0.6) is 5.75 Å². The molecular formula is C13H15NO4. The Bertz CT molecular complexity index is 474. The zero-order valence-corrected chi connectivity index (χ0v) is 10.3. The van der Waals surface area contributed by atoms with Crippen LogP contribution in [0.25, 0.3) is 0 Å². The van der Waals surface area contributed by atoms with Crippen molar-refractivity contribution in [3.8, 4) is 17.6 Å². The van der Waals surface area contributed by atoms with Crippen LogP contribution in [0.2, 0.25) is 0 Å². The third kappa shape index (κ3) is 4.00. The Morgan fingerprint density at radius 2 is 2.28 bits per heavy atom. The van der Waals surface area contributed by atoms with Crippen LogP contribution >= 0.6 is 0 Å². The first kappa shape index (κ1) is 13.9. The van der Waals surface area contributed by atoms with Gasteiger partial charge in [0.1, 0.15) is 12.4 Å². The SMILES string of the molecule is CCOC(=O)Nc1cc(C#CCO)ccc1OC. The number of carbonyl (C=O) groups is 1. The molecule has 2 N–H and O–H groups in total.